The number of piperidine rings is 1. The number of carboxylic acids is 1. The second-order valence-corrected chi connectivity index (χ2v) is 11.6. The lowest BCUT2D eigenvalue weighted by molar-refractivity contribution is -0.137. The molecule has 4 rings (SSSR count). The van der Waals surface area contributed by atoms with Crippen LogP contribution in [0.3, 0.4) is 0 Å². The molecule has 1 aliphatic heterocycles. The summed E-state index contributed by atoms with van der Waals surface area (Å²) < 4.78 is 29.5. The first-order valence-electron chi connectivity index (χ1n) is 10.5. The highest BCUT2D eigenvalue weighted by Crippen LogP contribution is 2.37. The van der Waals surface area contributed by atoms with Crippen molar-refractivity contribution in [3.8, 4) is 0 Å². The van der Waals surface area contributed by atoms with Gasteiger partial charge in [0, 0.05) is 40.1 Å². The molecule has 9 heteroatoms. The molecule has 1 saturated heterocycles. The SMILES string of the molecule is CCSc1ccc(S(=O)(=O)N2CCC(c3cn(CC(=O)O)c4ccc(Cl)cc34)CC2)cc1. The van der Waals surface area contributed by atoms with E-state index in [0.29, 0.717) is 35.8 Å². The van der Waals surface area contributed by atoms with Gasteiger partial charge in [0.25, 0.3) is 0 Å². The number of rotatable bonds is 7. The number of carboxylic acid groups (broad SMARTS) is 1. The van der Waals surface area contributed by atoms with E-state index in [4.69, 9.17) is 11.6 Å². The van der Waals surface area contributed by atoms with Gasteiger partial charge in [0.15, 0.2) is 0 Å². The van der Waals surface area contributed by atoms with Crippen molar-refractivity contribution in [3.63, 3.8) is 0 Å². The molecule has 0 radical (unpaired) electrons. The third kappa shape index (κ3) is 4.69. The predicted molar refractivity (Wildman–Crippen MR) is 128 cm³/mol. The van der Waals surface area contributed by atoms with Crippen molar-refractivity contribution in [2.24, 2.45) is 0 Å². The van der Waals surface area contributed by atoms with E-state index in [9.17, 15) is 18.3 Å². The van der Waals surface area contributed by atoms with Crippen molar-refractivity contribution in [1.29, 1.82) is 0 Å². The van der Waals surface area contributed by atoms with Gasteiger partial charge in [-0.2, -0.15) is 4.31 Å². The molecular weight excluding hydrogens is 468 g/mol. The van der Waals surface area contributed by atoms with Crippen LogP contribution in [-0.4, -0.2) is 47.2 Å². The molecule has 6 nitrogen and oxygen atoms in total. The third-order valence-electron chi connectivity index (χ3n) is 5.85. The molecule has 3 aromatic rings. The molecular formula is C23H25ClN2O4S2. The molecule has 170 valence electrons. The monoisotopic (exact) mass is 492 g/mol. The second kappa shape index (κ2) is 9.47. The fourth-order valence-electron chi connectivity index (χ4n) is 4.33. The number of halogens is 1. The molecule has 0 saturated carbocycles. The van der Waals surface area contributed by atoms with Gasteiger partial charge in [-0.3, -0.25) is 4.79 Å². The Kier molecular flexibility index (Phi) is 6.86. The summed E-state index contributed by atoms with van der Waals surface area (Å²) in [6.07, 6.45) is 3.22. The maximum Gasteiger partial charge on any atom is 0.323 e. The van der Waals surface area contributed by atoms with Crippen molar-refractivity contribution in [2.75, 3.05) is 18.8 Å². The van der Waals surface area contributed by atoms with Gasteiger partial charge in [0.1, 0.15) is 6.54 Å². The number of fused-ring (bicyclic) bond motifs is 1. The lowest BCUT2D eigenvalue weighted by Gasteiger charge is -2.31. The van der Waals surface area contributed by atoms with Crippen LogP contribution in [0.5, 0.6) is 0 Å². The van der Waals surface area contributed by atoms with Gasteiger partial charge in [-0.15, -0.1) is 11.8 Å². The van der Waals surface area contributed by atoms with Crippen LogP contribution in [-0.2, 0) is 21.4 Å². The second-order valence-electron chi connectivity index (χ2n) is 7.85. The van der Waals surface area contributed by atoms with E-state index in [0.717, 1.165) is 27.1 Å². The topological polar surface area (TPSA) is 79.6 Å². The first-order valence-corrected chi connectivity index (χ1v) is 13.3. The number of aliphatic carboxylic acids is 1. The summed E-state index contributed by atoms with van der Waals surface area (Å²) in [5.41, 5.74) is 1.86. The summed E-state index contributed by atoms with van der Waals surface area (Å²) in [5.74, 6) is 0.168. The van der Waals surface area contributed by atoms with E-state index in [-0.39, 0.29) is 12.5 Å². The summed E-state index contributed by atoms with van der Waals surface area (Å²) in [4.78, 5) is 12.7. The highest BCUT2D eigenvalue weighted by molar-refractivity contribution is 7.99. The average molecular weight is 493 g/mol. The Bertz CT molecular complexity index is 1230. The summed E-state index contributed by atoms with van der Waals surface area (Å²) in [7, 11) is -3.54. The zero-order chi connectivity index (χ0) is 22.9. The Labute approximate surface area is 197 Å². The molecule has 2 aromatic carbocycles. The Morgan fingerprint density at radius 3 is 2.47 bits per heavy atom. The van der Waals surface area contributed by atoms with Crippen LogP contribution in [0.4, 0.5) is 0 Å². The Morgan fingerprint density at radius 1 is 1.16 bits per heavy atom. The highest BCUT2D eigenvalue weighted by atomic mass is 35.5. The minimum absolute atomic E-state index is 0.127. The lowest BCUT2D eigenvalue weighted by atomic mass is 9.90. The van der Waals surface area contributed by atoms with Crippen molar-refractivity contribution < 1.29 is 18.3 Å². The molecule has 0 bridgehead atoms. The molecule has 0 atom stereocenters. The molecule has 1 aliphatic rings. The Morgan fingerprint density at radius 2 is 1.84 bits per heavy atom. The van der Waals surface area contributed by atoms with E-state index in [1.165, 1.54) is 0 Å². The first-order chi connectivity index (χ1) is 15.3. The van der Waals surface area contributed by atoms with Crippen molar-refractivity contribution in [3.05, 3.63) is 59.2 Å². The van der Waals surface area contributed by atoms with Gasteiger partial charge in [-0.1, -0.05) is 18.5 Å². The van der Waals surface area contributed by atoms with Crippen LogP contribution in [0.15, 0.2) is 58.5 Å². The van der Waals surface area contributed by atoms with Crippen LogP contribution in [0.1, 0.15) is 31.2 Å². The van der Waals surface area contributed by atoms with Gasteiger partial charge in [0.05, 0.1) is 4.90 Å². The minimum atomic E-state index is -3.54. The number of hydrogen-bond donors (Lipinski definition) is 1. The summed E-state index contributed by atoms with van der Waals surface area (Å²) in [6.45, 7) is 2.78. The number of sulfonamides is 1. The Hall–Kier alpha value is -2.00. The first kappa shape index (κ1) is 23.2. The maximum atomic E-state index is 13.1. The number of aromatic nitrogens is 1. The largest absolute Gasteiger partial charge is 0.480 e. The van der Waals surface area contributed by atoms with Crippen LogP contribution in [0, 0.1) is 0 Å². The highest BCUT2D eigenvalue weighted by Gasteiger charge is 2.31. The zero-order valence-electron chi connectivity index (χ0n) is 17.7. The summed E-state index contributed by atoms with van der Waals surface area (Å²) in [5, 5.41) is 10.8. The fourth-order valence-corrected chi connectivity index (χ4v) is 6.63. The van der Waals surface area contributed by atoms with Crippen molar-refractivity contribution in [1.82, 2.24) is 8.87 Å². The van der Waals surface area contributed by atoms with E-state index in [2.05, 4.69) is 6.92 Å². The van der Waals surface area contributed by atoms with E-state index < -0.39 is 16.0 Å². The zero-order valence-corrected chi connectivity index (χ0v) is 20.1. The van der Waals surface area contributed by atoms with Crippen LogP contribution in [0.25, 0.3) is 10.9 Å². The van der Waals surface area contributed by atoms with Gasteiger partial charge in [-0.25, -0.2) is 8.42 Å². The van der Waals surface area contributed by atoms with Gasteiger partial charge in [0.2, 0.25) is 10.0 Å². The van der Waals surface area contributed by atoms with E-state index >= 15 is 0 Å². The molecule has 1 fully saturated rings. The number of benzene rings is 2. The fraction of sp³-hybridized carbons (Fsp3) is 0.348. The average Bonchev–Trinajstić information content (AvgIpc) is 3.11. The molecule has 1 N–H and O–H groups in total. The van der Waals surface area contributed by atoms with Gasteiger partial charge < -0.3 is 9.67 Å². The third-order valence-corrected chi connectivity index (χ3v) is 8.89. The molecule has 0 unspecified atom stereocenters. The lowest BCUT2D eigenvalue weighted by Crippen LogP contribution is -2.37. The molecule has 2 heterocycles. The quantitative estimate of drug-likeness (QED) is 0.466. The van der Waals surface area contributed by atoms with Crippen LogP contribution >= 0.6 is 23.4 Å². The molecule has 1 aromatic heterocycles. The molecule has 0 spiro atoms. The number of thioether (sulfide) groups is 1. The minimum Gasteiger partial charge on any atom is -0.480 e. The van der Waals surface area contributed by atoms with Crippen molar-refractivity contribution >= 4 is 50.3 Å². The van der Waals surface area contributed by atoms with Crippen LogP contribution in [0.2, 0.25) is 5.02 Å². The normalized spacial score (nSPS) is 15.9. The Balaban J connectivity index is 1.54. The summed E-state index contributed by atoms with van der Waals surface area (Å²) in [6, 6.07) is 12.5. The summed E-state index contributed by atoms with van der Waals surface area (Å²) >= 11 is 7.89. The number of carbonyl (C=O) groups is 1. The van der Waals surface area contributed by atoms with Crippen molar-refractivity contribution in [2.45, 2.75) is 42.0 Å². The number of nitrogens with zero attached hydrogens (tertiary/aromatic N) is 2. The maximum absolute atomic E-state index is 13.1. The predicted octanol–water partition coefficient (Wildman–Crippen LogP) is 5.06. The van der Waals surface area contributed by atoms with E-state index in [1.807, 2.05) is 30.5 Å². The van der Waals surface area contributed by atoms with Crippen LogP contribution < -0.4 is 0 Å². The smallest absolute Gasteiger partial charge is 0.323 e. The molecule has 0 aliphatic carbocycles. The standard InChI is InChI=1S/C23H25ClN2O4S2/c1-2-31-18-4-6-19(7-5-18)32(29,30)26-11-9-16(10-12-26)21-14-25(15-23(27)28)22-8-3-17(24)13-20(21)22/h3-8,13-14,16H,2,9-12,15H2,1H3,(H,27,28). The molecule has 0 amide bonds. The van der Waals surface area contributed by atoms with Gasteiger partial charge >= 0.3 is 5.97 Å². The number of hydrogen-bond acceptors (Lipinski definition) is 4. The van der Waals surface area contributed by atoms with E-state index in [1.54, 1.807) is 38.8 Å². The molecule has 32 heavy (non-hydrogen) atoms. The van der Waals surface area contributed by atoms with Gasteiger partial charge in [-0.05, 0) is 72.5 Å².